The number of aliphatic hydroxyl groups is 1. The standard InChI is InChI=1S/C16H18F3N5O/c17-16(18,19)11-1-2-14(21-8-11)24-12-5-10(6-12)13-7-15(20-3-4-25)23-9-22-13/h1-2,7-10,12,25H,3-6H2,(H,21,24)(H,20,22,23). The predicted octanol–water partition coefficient (Wildman–Crippen LogP) is 2.65. The number of anilines is 2. The average Bonchev–Trinajstić information content (AvgIpc) is 2.56. The maximum Gasteiger partial charge on any atom is 0.417 e. The van der Waals surface area contributed by atoms with Crippen LogP contribution in [0.4, 0.5) is 24.8 Å². The Morgan fingerprint density at radius 1 is 1.12 bits per heavy atom. The molecular formula is C16H18F3N5O. The molecule has 134 valence electrons. The molecule has 1 fully saturated rings. The van der Waals surface area contributed by atoms with E-state index in [9.17, 15) is 13.2 Å². The summed E-state index contributed by atoms with van der Waals surface area (Å²) in [6.45, 7) is 0.444. The van der Waals surface area contributed by atoms with Crippen molar-refractivity contribution in [2.45, 2.75) is 31.0 Å². The Kier molecular flexibility index (Phi) is 5.03. The van der Waals surface area contributed by atoms with E-state index >= 15 is 0 Å². The molecule has 0 aromatic carbocycles. The highest BCUT2D eigenvalue weighted by molar-refractivity contribution is 5.40. The molecule has 1 aliphatic rings. The van der Waals surface area contributed by atoms with Gasteiger partial charge >= 0.3 is 6.18 Å². The number of pyridine rings is 1. The van der Waals surface area contributed by atoms with Crippen molar-refractivity contribution < 1.29 is 18.3 Å². The molecular weight excluding hydrogens is 335 g/mol. The van der Waals surface area contributed by atoms with Gasteiger partial charge in [0.15, 0.2) is 0 Å². The molecule has 2 aromatic heterocycles. The van der Waals surface area contributed by atoms with Crippen LogP contribution in [0.25, 0.3) is 0 Å². The van der Waals surface area contributed by atoms with Crippen LogP contribution in [0.3, 0.4) is 0 Å². The molecule has 9 heteroatoms. The highest BCUT2D eigenvalue weighted by Gasteiger charge is 2.33. The third kappa shape index (κ3) is 4.36. The van der Waals surface area contributed by atoms with Crippen molar-refractivity contribution in [3.8, 4) is 0 Å². The third-order valence-corrected chi connectivity index (χ3v) is 4.11. The molecule has 0 atom stereocenters. The number of aromatic nitrogens is 3. The second-order valence-corrected chi connectivity index (χ2v) is 5.92. The first-order valence-electron chi connectivity index (χ1n) is 7.92. The fraction of sp³-hybridized carbons (Fsp3) is 0.438. The van der Waals surface area contributed by atoms with E-state index in [0.717, 1.165) is 30.8 Å². The van der Waals surface area contributed by atoms with Crippen LogP contribution in [0, 0.1) is 0 Å². The Morgan fingerprint density at radius 2 is 1.92 bits per heavy atom. The first kappa shape index (κ1) is 17.4. The lowest BCUT2D eigenvalue weighted by atomic mass is 9.78. The Labute approximate surface area is 142 Å². The quantitative estimate of drug-likeness (QED) is 0.741. The van der Waals surface area contributed by atoms with Gasteiger partial charge in [-0.25, -0.2) is 15.0 Å². The summed E-state index contributed by atoms with van der Waals surface area (Å²) >= 11 is 0. The van der Waals surface area contributed by atoms with Crippen molar-refractivity contribution in [2.75, 3.05) is 23.8 Å². The molecule has 0 unspecified atom stereocenters. The Hall–Kier alpha value is -2.42. The average molecular weight is 353 g/mol. The van der Waals surface area contributed by atoms with Crippen LogP contribution in [-0.2, 0) is 6.18 Å². The lowest BCUT2D eigenvalue weighted by Gasteiger charge is -2.35. The summed E-state index contributed by atoms with van der Waals surface area (Å²) in [6, 6.07) is 4.37. The molecule has 2 heterocycles. The van der Waals surface area contributed by atoms with Crippen LogP contribution in [-0.4, -0.2) is 39.3 Å². The molecule has 0 spiro atoms. The molecule has 0 radical (unpaired) electrons. The molecule has 3 N–H and O–H groups in total. The predicted molar refractivity (Wildman–Crippen MR) is 86.2 cm³/mol. The van der Waals surface area contributed by atoms with E-state index < -0.39 is 11.7 Å². The number of halogens is 3. The van der Waals surface area contributed by atoms with Gasteiger partial charge in [-0.05, 0) is 25.0 Å². The first-order chi connectivity index (χ1) is 12.0. The summed E-state index contributed by atoms with van der Waals surface area (Å²) in [6.07, 6.45) is -0.421. The SMILES string of the molecule is OCCNc1cc(C2CC(Nc3ccc(C(F)(F)F)cn3)C2)ncn1. The fourth-order valence-electron chi connectivity index (χ4n) is 2.71. The van der Waals surface area contributed by atoms with Crippen molar-refractivity contribution in [2.24, 2.45) is 0 Å². The minimum atomic E-state index is -4.37. The van der Waals surface area contributed by atoms with Crippen molar-refractivity contribution in [1.29, 1.82) is 0 Å². The molecule has 3 rings (SSSR count). The van der Waals surface area contributed by atoms with Crippen LogP contribution < -0.4 is 10.6 Å². The van der Waals surface area contributed by atoms with E-state index in [1.807, 2.05) is 6.07 Å². The van der Waals surface area contributed by atoms with Crippen LogP contribution in [0.2, 0.25) is 0 Å². The van der Waals surface area contributed by atoms with Gasteiger partial charge in [0.2, 0.25) is 0 Å². The number of hydrogen-bond acceptors (Lipinski definition) is 6. The molecule has 1 saturated carbocycles. The molecule has 6 nitrogen and oxygen atoms in total. The van der Waals surface area contributed by atoms with E-state index in [1.165, 1.54) is 12.4 Å². The number of nitrogens with one attached hydrogen (secondary N) is 2. The molecule has 2 aromatic rings. The molecule has 0 aliphatic heterocycles. The molecule has 0 saturated heterocycles. The lowest BCUT2D eigenvalue weighted by molar-refractivity contribution is -0.137. The van der Waals surface area contributed by atoms with Gasteiger partial charge in [0.25, 0.3) is 0 Å². The van der Waals surface area contributed by atoms with Gasteiger partial charge in [-0.3, -0.25) is 0 Å². The van der Waals surface area contributed by atoms with Gasteiger partial charge in [0, 0.05) is 36.5 Å². The molecule has 0 bridgehead atoms. The lowest BCUT2D eigenvalue weighted by Crippen LogP contribution is -2.34. The fourth-order valence-corrected chi connectivity index (χ4v) is 2.71. The molecule has 1 aliphatic carbocycles. The normalized spacial score (nSPS) is 20.0. The van der Waals surface area contributed by atoms with E-state index in [0.29, 0.717) is 18.2 Å². The summed E-state index contributed by atoms with van der Waals surface area (Å²) in [5.41, 5.74) is 0.155. The Bertz CT molecular complexity index is 702. The van der Waals surface area contributed by atoms with Gasteiger partial charge in [-0.15, -0.1) is 0 Å². The summed E-state index contributed by atoms with van der Waals surface area (Å²) < 4.78 is 37.6. The second-order valence-electron chi connectivity index (χ2n) is 5.92. The van der Waals surface area contributed by atoms with Crippen molar-refractivity contribution in [3.63, 3.8) is 0 Å². The highest BCUT2D eigenvalue weighted by Crippen LogP contribution is 2.38. The van der Waals surface area contributed by atoms with Gasteiger partial charge in [0.1, 0.15) is 18.0 Å². The number of alkyl halides is 3. The van der Waals surface area contributed by atoms with Crippen LogP contribution in [0.15, 0.2) is 30.7 Å². The zero-order chi connectivity index (χ0) is 17.9. The number of rotatable bonds is 6. The summed E-state index contributed by atoms with van der Waals surface area (Å²) in [5, 5.41) is 14.9. The maximum absolute atomic E-state index is 12.5. The molecule has 25 heavy (non-hydrogen) atoms. The zero-order valence-corrected chi connectivity index (χ0v) is 13.3. The van der Waals surface area contributed by atoms with Gasteiger partial charge < -0.3 is 15.7 Å². The maximum atomic E-state index is 12.5. The Balaban J connectivity index is 1.53. The van der Waals surface area contributed by atoms with E-state index in [4.69, 9.17) is 5.11 Å². The Morgan fingerprint density at radius 3 is 2.56 bits per heavy atom. The monoisotopic (exact) mass is 353 g/mol. The topological polar surface area (TPSA) is 83.0 Å². The van der Waals surface area contributed by atoms with E-state index in [-0.39, 0.29) is 18.6 Å². The number of hydrogen-bond donors (Lipinski definition) is 3. The van der Waals surface area contributed by atoms with Crippen molar-refractivity contribution in [1.82, 2.24) is 15.0 Å². The van der Waals surface area contributed by atoms with Crippen molar-refractivity contribution in [3.05, 3.63) is 42.0 Å². The smallest absolute Gasteiger partial charge is 0.395 e. The van der Waals surface area contributed by atoms with Crippen LogP contribution in [0.5, 0.6) is 0 Å². The minimum absolute atomic E-state index is 0.0227. The number of nitrogens with zero attached hydrogens (tertiary/aromatic N) is 3. The van der Waals surface area contributed by atoms with Gasteiger partial charge in [0.05, 0.1) is 12.2 Å². The van der Waals surface area contributed by atoms with Crippen LogP contribution >= 0.6 is 0 Å². The highest BCUT2D eigenvalue weighted by atomic mass is 19.4. The van der Waals surface area contributed by atoms with E-state index in [1.54, 1.807) is 0 Å². The zero-order valence-electron chi connectivity index (χ0n) is 13.3. The van der Waals surface area contributed by atoms with Gasteiger partial charge in [-0.1, -0.05) is 0 Å². The molecule has 0 amide bonds. The first-order valence-corrected chi connectivity index (χ1v) is 7.92. The second kappa shape index (κ2) is 7.22. The minimum Gasteiger partial charge on any atom is -0.395 e. The number of aliphatic hydroxyl groups excluding tert-OH is 1. The van der Waals surface area contributed by atoms with Crippen LogP contribution in [0.1, 0.15) is 30.0 Å². The van der Waals surface area contributed by atoms with E-state index in [2.05, 4.69) is 25.6 Å². The third-order valence-electron chi connectivity index (χ3n) is 4.11. The largest absolute Gasteiger partial charge is 0.417 e. The summed E-state index contributed by atoms with van der Waals surface area (Å²) in [7, 11) is 0. The van der Waals surface area contributed by atoms with Gasteiger partial charge in [-0.2, -0.15) is 13.2 Å². The summed E-state index contributed by atoms with van der Waals surface area (Å²) in [4.78, 5) is 12.2. The van der Waals surface area contributed by atoms with Crippen molar-refractivity contribution >= 4 is 11.6 Å². The summed E-state index contributed by atoms with van der Waals surface area (Å²) in [5.74, 6) is 1.37.